The summed E-state index contributed by atoms with van der Waals surface area (Å²) in [6.45, 7) is 4.74. The van der Waals surface area contributed by atoms with E-state index in [1.165, 1.54) is 16.5 Å². The van der Waals surface area contributed by atoms with Gasteiger partial charge in [-0.15, -0.1) is 0 Å². The lowest BCUT2D eigenvalue weighted by atomic mass is 10.1. The smallest absolute Gasteiger partial charge is 0.256 e. The fourth-order valence-electron chi connectivity index (χ4n) is 3.72. The zero-order valence-corrected chi connectivity index (χ0v) is 16.3. The topological polar surface area (TPSA) is 71.3 Å². The lowest BCUT2D eigenvalue weighted by Gasteiger charge is -2.19. The second-order valence-electron chi connectivity index (χ2n) is 7.39. The molecule has 0 atom stereocenters. The maximum Gasteiger partial charge on any atom is 0.256 e. The molecule has 0 fully saturated rings. The molecule has 2 aromatic heterocycles. The molecule has 0 aliphatic carbocycles. The van der Waals surface area contributed by atoms with E-state index in [9.17, 15) is 4.79 Å². The largest absolute Gasteiger partial charge is 0.360 e. The molecule has 0 spiro atoms. The Kier molecular flexibility index (Phi) is 4.05. The van der Waals surface area contributed by atoms with Gasteiger partial charge in [0.1, 0.15) is 11.6 Å². The van der Waals surface area contributed by atoms with Crippen LogP contribution in [0.15, 0.2) is 59.1 Å². The highest BCUT2D eigenvalue weighted by Crippen LogP contribution is 2.35. The Morgan fingerprint density at radius 3 is 2.66 bits per heavy atom. The average Bonchev–Trinajstić information content (AvgIpc) is 3.32. The van der Waals surface area contributed by atoms with Crippen molar-refractivity contribution in [3.63, 3.8) is 0 Å². The molecule has 0 saturated heterocycles. The van der Waals surface area contributed by atoms with Crippen LogP contribution in [0.4, 0.5) is 17.3 Å². The number of nitrogens with one attached hydrogen (secondary N) is 1. The summed E-state index contributed by atoms with van der Waals surface area (Å²) in [5, 5.41) is 7.71. The van der Waals surface area contributed by atoms with Crippen molar-refractivity contribution < 1.29 is 9.32 Å². The molecule has 5 rings (SSSR count). The van der Waals surface area contributed by atoms with E-state index >= 15 is 0 Å². The van der Waals surface area contributed by atoms with Gasteiger partial charge in [0.25, 0.3) is 5.91 Å². The molecule has 144 valence electrons. The molecule has 0 bridgehead atoms. The minimum atomic E-state index is -0.216. The standard InChI is InChI=1S/C23H20N4O2/c1-14-3-4-17-13-18-9-10-27(22(18)24-20(17)11-14)19-7-5-16(6-8-19)23(28)25-21-12-15(2)29-26-21/h3-8,11-13H,9-10H2,1-2H3,(H,25,26,28). The molecular weight excluding hydrogens is 364 g/mol. The third kappa shape index (κ3) is 3.23. The van der Waals surface area contributed by atoms with Crippen LogP contribution in [-0.4, -0.2) is 22.6 Å². The Balaban J connectivity index is 1.40. The Morgan fingerprint density at radius 1 is 1.07 bits per heavy atom. The van der Waals surface area contributed by atoms with Crippen LogP contribution in [-0.2, 0) is 6.42 Å². The summed E-state index contributed by atoms with van der Waals surface area (Å²) in [7, 11) is 0. The molecule has 29 heavy (non-hydrogen) atoms. The number of anilines is 3. The van der Waals surface area contributed by atoms with Crippen molar-refractivity contribution in [3.05, 3.63) is 77.0 Å². The molecule has 1 amide bonds. The van der Waals surface area contributed by atoms with Gasteiger partial charge in [0.05, 0.1) is 5.52 Å². The SMILES string of the molecule is Cc1ccc2cc3c(nc2c1)N(c1ccc(C(=O)Nc2cc(C)on2)cc1)CC3. The van der Waals surface area contributed by atoms with E-state index in [0.717, 1.165) is 30.0 Å². The van der Waals surface area contributed by atoms with Gasteiger partial charge in [0, 0.05) is 29.2 Å². The number of carbonyl (C=O) groups excluding carboxylic acids is 1. The predicted octanol–water partition coefficient (Wildman–Crippen LogP) is 4.79. The Morgan fingerprint density at radius 2 is 1.90 bits per heavy atom. The van der Waals surface area contributed by atoms with Gasteiger partial charge in [-0.2, -0.15) is 0 Å². The van der Waals surface area contributed by atoms with Crippen molar-refractivity contribution in [2.75, 3.05) is 16.8 Å². The zero-order valence-electron chi connectivity index (χ0n) is 16.3. The van der Waals surface area contributed by atoms with E-state index in [1.54, 1.807) is 13.0 Å². The lowest BCUT2D eigenvalue weighted by Crippen LogP contribution is -2.15. The van der Waals surface area contributed by atoms with E-state index in [-0.39, 0.29) is 5.91 Å². The van der Waals surface area contributed by atoms with Gasteiger partial charge < -0.3 is 14.7 Å². The number of nitrogens with zero attached hydrogens (tertiary/aromatic N) is 3. The predicted molar refractivity (Wildman–Crippen MR) is 113 cm³/mol. The van der Waals surface area contributed by atoms with Gasteiger partial charge in [-0.25, -0.2) is 4.98 Å². The molecule has 0 unspecified atom stereocenters. The fraction of sp³-hybridized carbons (Fsp3) is 0.174. The molecule has 2 aromatic carbocycles. The van der Waals surface area contributed by atoms with Crippen LogP contribution in [0.1, 0.15) is 27.2 Å². The molecule has 6 heteroatoms. The number of fused-ring (bicyclic) bond motifs is 2. The molecule has 4 aromatic rings. The van der Waals surface area contributed by atoms with Gasteiger partial charge in [0.2, 0.25) is 0 Å². The summed E-state index contributed by atoms with van der Waals surface area (Å²) >= 11 is 0. The number of aromatic nitrogens is 2. The Bertz CT molecular complexity index is 1230. The van der Waals surface area contributed by atoms with Gasteiger partial charge in [-0.05, 0) is 67.8 Å². The molecular formula is C23H20N4O2. The third-order valence-corrected chi connectivity index (χ3v) is 5.20. The first kappa shape index (κ1) is 17.4. The molecule has 0 saturated carbocycles. The second kappa shape index (κ2) is 6.74. The quantitative estimate of drug-likeness (QED) is 0.550. The van der Waals surface area contributed by atoms with Crippen molar-refractivity contribution in [1.29, 1.82) is 0 Å². The number of rotatable bonds is 3. The number of amides is 1. The average molecular weight is 384 g/mol. The highest BCUT2D eigenvalue weighted by Gasteiger charge is 2.23. The van der Waals surface area contributed by atoms with E-state index in [0.29, 0.717) is 17.1 Å². The summed E-state index contributed by atoms with van der Waals surface area (Å²) in [4.78, 5) is 19.5. The van der Waals surface area contributed by atoms with Crippen LogP contribution >= 0.6 is 0 Å². The summed E-state index contributed by atoms with van der Waals surface area (Å²) in [6.07, 6.45) is 0.958. The molecule has 1 N–H and O–H groups in total. The maximum absolute atomic E-state index is 12.4. The highest BCUT2D eigenvalue weighted by molar-refractivity contribution is 6.04. The maximum atomic E-state index is 12.4. The van der Waals surface area contributed by atoms with Crippen LogP contribution in [0.5, 0.6) is 0 Å². The Hall–Kier alpha value is -3.67. The monoisotopic (exact) mass is 384 g/mol. The number of carbonyl (C=O) groups is 1. The van der Waals surface area contributed by atoms with E-state index < -0.39 is 0 Å². The third-order valence-electron chi connectivity index (χ3n) is 5.20. The first-order chi connectivity index (χ1) is 14.1. The number of hydrogen-bond acceptors (Lipinski definition) is 5. The first-order valence-corrected chi connectivity index (χ1v) is 9.59. The van der Waals surface area contributed by atoms with Gasteiger partial charge in [-0.3, -0.25) is 4.79 Å². The number of pyridine rings is 1. The van der Waals surface area contributed by atoms with Crippen LogP contribution in [0.25, 0.3) is 10.9 Å². The zero-order chi connectivity index (χ0) is 20.0. The highest BCUT2D eigenvalue weighted by atomic mass is 16.5. The van der Waals surface area contributed by atoms with Crippen molar-refractivity contribution in [2.24, 2.45) is 0 Å². The molecule has 1 aliphatic rings. The van der Waals surface area contributed by atoms with E-state index in [2.05, 4.69) is 46.6 Å². The number of hydrogen-bond donors (Lipinski definition) is 1. The summed E-state index contributed by atoms with van der Waals surface area (Å²) in [5.74, 6) is 1.85. The lowest BCUT2D eigenvalue weighted by molar-refractivity contribution is 0.102. The molecule has 0 radical (unpaired) electrons. The van der Waals surface area contributed by atoms with E-state index in [1.807, 2.05) is 24.3 Å². The fourth-order valence-corrected chi connectivity index (χ4v) is 3.72. The minimum Gasteiger partial charge on any atom is -0.360 e. The van der Waals surface area contributed by atoms with Crippen molar-refractivity contribution in [2.45, 2.75) is 20.3 Å². The van der Waals surface area contributed by atoms with Crippen LogP contribution in [0.3, 0.4) is 0 Å². The van der Waals surface area contributed by atoms with Gasteiger partial charge >= 0.3 is 0 Å². The van der Waals surface area contributed by atoms with E-state index in [4.69, 9.17) is 9.51 Å². The van der Waals surface area contributed by atoms with Crippen LogP contribution in [0, 0.1) is 13.8 Å². The summed E-state index contributed by atoms with van der Waals surface area (Å²) in [6, 6.07) is 17.8. The summed E-state index contributed by atoms with van der Waals surface area (Å²) in [5.41, 5.74) is 5.05. The van der Waals surface area contributed by atoms with Crippen molar-refractivity contribution in [1.82, 2.24) is 10.1 Å². The van der Waals surface area contributed by atoms with Gasteiger partial charge in [-0.1, -0.05) is 17.3 Å². The first-order valence-electron chi connectivity index (χ1n) is 9.59. The van der Waals surface area contributed by atoms with Gasteiger partial charge in [0.15, 0.2) is 5.82 Å². The second-order valence-corrected chi connectivity index (χ2v) is 7.39. The molecule has 3 heterocycles. The van der Waals surface area contributed by atoms with Crippen molar-refractivity contribution in [3.8, 4) is 0 Å². The van der Waals surface area contributed by atoms with Crippen molar-refractivity contribution >= 4 is 34.1 Å². The molecule has 1 aliphatic heterocycles. The normalized spacial score (nSPS) is 13.0. The number of aryl methyl sites for hydroxylation is 2. The van der Waals surface area contributed by atoms with Crippen LogP contribution in [0.2, 0.25) is 0 Å². The Labute approximate surface area is 168 Å². The number of benzene rings is 2. The summed E-state index contributed by atoms with van der Waals surface area (Å²) < 4.78 is 4.98. The minimum absolute atomic E-state index is 0.216. The molecule has 6 nitrogen and oxygen atoms in total. The van der Waals surface area contributed by atoms with Crippen LogP contribution < -0.4 is 10.2 Å².